The Labute approximate surface area is 240 Å². The first-order valence-electron chi connectivity index (χ1n) is 12.3. The molecule has 0 bridgehead atoms. The summed E-state index contributed by atoms with van der Waals surface area (Å²) in [4.78, 5) is 23.6. The Kier molecular flexibility index (Phi) is 6.09. The average Bonchev–Trinajstić information content (AvgIpc) is 3.41. The van der Waals surface area contributed by atoms with Crippen LogP contribution in [0.15, 0.2) is 113 Å². The minimum atomic E-state index is -0.0935. The van der Waals surface area contributed by atoms with Gasteiger partial charge in [-0.2, -0.15) is 0 Å². The first-order valence-corrected chi connectivity index (χ1v) is 14.3. The maximum absolute atomic E-state index is 13.7. The molecule has 7 aromatic rings. The summed E-state index contributed by atoms with van der Waals surface area (Å²) < 4.78 is 4.68. The second-order valence-corrected chi connectivity index (χ2v) is 11.1. The molecule has 0 spiro atoms. The van der Waals surface area contributed by atoms with E-state index < -0.39 is 0 Å². The molecule has 3 heterocycles. The lowest BCUT2D eigenvalue weighted by Crippen LogP contribution is -2.23. The van der Waals surface area contributed by atoms with E-state index in [0.29, 0.717) is 27.6 Å². The SMILES string of the molecule is O=c1c2cc(I)ccc2nc(CSc2nnc3c4ccccc4nc(-c4ccccc4)n23)n1-c1ccccc1. The van der Waals surface area contributed by atoms with E-state index in [9.17, 15) is 4.79 Å². The molecule has 0 unspecified atom stereocenters. The second kappa shape index (κ2) is 9.90. The number of benzene rings is 4. The Morgan fingerprint density at radius 3 is 2.28 bits per heavy atom. The van der Waals surface area contributed by atoms with Crippen molar-refractivity contribution < 1.29 is 0 Å². The van der Waals surface area contributed by atoms with Crippen LogP contribution in [0, 0.1) is 3.57 Å². The summed E-state index contributed by atoms with van der Waals surface area (Å²) in [6.07, 6.45) is 0. The van der Waals surface area contributed by atoms with E-state index in [4.69, 9.17) is 9.97 Å². The Morgan fingerprint density at radius 1 is 0.744 bits per heavy atom. The predicted octanol–water partition coefficient (Wildman–Crippen LogP) is 6.54. The summed E-state index contributed by atoms with van der Waals surface area (Å²) in [6, 6.07) is 33.4. The lowest BCUT2D eigenvalue weighted by atomic mass is 10.2. The maximum atomic E-state index is 13.7. The fourth-order valence-electron chi connectivity index (χ4n) is 4.71. The van der Waals surface area contributed by atoms with Crippen molar-refractivity contribution in [2.24, 2.45) is 0 Å². The van der Waals surface area contributed by atoms with Crippen LogP contribution in [0.4, 0.5) is 0 Å². The largest absolute Gasteiger partial charge is 0.268 e. The van der Waals surface area contributed by atoms with Gasteiger partial charge in [0, 0.05) is 14.5 Å². The first kappa shape index (κ1) is 24.0. The number of rotatable bonds is 5. The van der Waals surface area contributed by atoms with Crippen LogP contribution < -0.4 is 5.56 Å². The highest BCUT2D eigenvalue weighted by molar-refractivity contribution is 14.1. The minimum Gasteiger partial charge on any atom is -0.268 e. The van der Waals surface area contributed by atoms with Gasteiger partial charge in [0.25, 0.3) is 5.56 Å². The number of hydrogen-bond donors (Lipinski definition) is 0. The number of para-hydroxylation sites is 2. The predicted molar refractivity (Wildman–Crippen MR) is 163 cm³/mol. The normalized spacial score (nSPS) is 11.5. The zero-order chi connectivity index (χ0) is 26.3. The molecule has 7 rings (SSSR count). The van der Waals surface area contributed by atoms with Crippen LogP contribution in [0.5, 0.6) is 0 Å². The van der Waals surface area contributed by atoms with Gasteiger partial charge < -0.3 is 0 Å². The number of thioether (sulfide) groups is 1. The third-order valence-corrected chi connectivity index (χ3v) is 8.09. The molecule has 0 fully saturated rings. The van der Waals surface area contributed by atoms with Gasteiger partial charge in [-0.1, -0.05) is 72.4 Å². The van der Waals surface area contributed by atoms with Gasteiger partial charge in [-0.05, 0) is 65.1 Å². The van der Waals surface area contributed by atoms with E-state index in [1.807, 2.05) is 108 Å². The Morgan fingerprint density at radius 2 is 1.46 bits per heavy atom. The van der Waals surface area contributed by atoms with Crippen LogP contribution >= 0.6 is 34.4 Å². The summed E-state index contributed by atoms with van der Waals surface area (Å²) in [5.41, 5.74) is 3.92. The summed E-state index contributed by atoms with van der Waals surface area (Å²) in [5.74, 6) is 1.81. The van der Waals surface area contributed by atoms with Gasteiger partial charge >= 0.3 is 0 Å². The van der Waals surface area contributed by atoms with Crippen molar-refractivity contribution in [2.45, 2.75) is 10.9 Å². The molecule has 9 heteroatoms. The highest BCUT2D eigenvalue weighted by atomic mass is 127. The molecule has 0 aliphatic heterocycles. The fourth-order valence-corrected chi connectivity index (χ4v) is 6.05. The third-order valence-electron chi connectivity index (χ3n) is 6.49. The summed E-state index contributed by atoms with van der Waals surface area (Å²) in [6.45, 7) is 0. The van der Waals surface area contributed by atoms with Crippen LogP contribution in [0.3, 0.4) is 0 Å². The number of aromatic nitrogens is 6. The monoisotopic (exact) mass is 638 g/mol. The zero-order valence-electron chi connectivity index (χ0n) is 20.4. The zero-order valence-corrected chi connectivity index (χ0v) is 23.4. The third kappa shape index (κ3) is 4.27. The van der Waals surface area contributed by atoms with Gasteiger partial charge in [0.05, 0.1) is 27.9 Å². The average molecular weight is 638 g/mol. The standard InChI is InChI=1S/C30H19IN6OS/c31-20-15-16-25-23(17-20)29(38)36(21-11-5-2-6-12-21)26(32-25)18-39-30-35-34-28-22-13-7-8-14-24(22)33-27(37(28)30)19-9-3-1-4-10-19/h1-17H,18H2. The minimum absolute atomic E-state index is 0.0935. The van der Waals surface area contributed by atoms with E-state index in [1.165, 1.54) is 11.8 Å². The van der Waals surface area contributed by atoms with Crippen LogP contribution in [0.25, 0.3) is 44.5 Å². The van der Waals surface area contributed by atoms with Crippen LogP contribution in [-0.2, 0) is 5.75 Å². The topological polar surface area (TPSA) is 78.0 Å². The molecule has 0 saturated carbocycles. The fraction of sp³-hybridized carbons (Fsp3) is 0.0333. The quantitative estimate of drug-likeness (QED) is 0.158. The Hall–Kier alpha value is -4.09. The van der Waals surface area contributed by atoms with Crippen molar-refractivity contribution in [1.82, 2.24) is 29.1 Å². The Balaban J connectivity index is 1.39. The molecule has 39 heavy (non-hydrogen) atoms. The molecule has 0 amide bonds. The molecular weight excluding hydrogens is 619 g/mol. The number of nitrogens with zero attached hydrogens (tertiary/aromatic N) is 6. The van der Waals surface area contributed by atoms with Crippen LogP contribution in [0.2, 0.25) is 0 Å². The summed E-state index contributed by atoms with van der Waals surface area (Å²) in [7, 11) is 0. The van der Waals surface area contributed by atoms with Crippen molar-refractivity contribution in [3.8, 4) is 17.1 Å². The van der Waals surface area contributed by atoms with Crippen molar-refractivity contribution in [3.63, 3.8) is 0 Å². The van der Waals surface area contributed by atoms with Gasteiger partial charge in [0.2, 0.25) is 0 Å². The highest BCUT2D eigenvalue weighted by Crippen LogP contribution is 2.30. The lowest BCUT2D eigenvalue weighted by Gasteiger charge is -2.14. The molecule has 4 aromatic carbocycles. The van der Waals surface area contributed by atoms with Gasteiger partial charge in [0.15, 0.2) is 10.8 Å². The first-order chi connectivity index (χ1) is 19.2. The molecule has 0 atom stereocenters. The van der Waals surface area contributed by atoms with E-state index in [0.717, 1.165) is 37.2 Å². The van der Waals surface area contributed by atoms with Crippen LogP contribution in [-0.4, -0.2) is 29.1 Å². The molecule has 0 N–H and O–H groups in total. The molecule has 188 valence electrons. The summed E-state index contributed by atoms with van der Waals surface area (Å²) in [5, 5.41) is 11.3. The van der Waals surface area contributed by atoms with Gasteiger partial charge in [-0.25, -0.2) is 9.97 Å². The smallest absolute Gasteiger partial charge is 0.266 e. The number of halogens is 1. The molecule has 0 radical (unpaired) electrons. The van der Waals surface area contributed by atoms with Crippen molar-refractivity contribution in [3.05, 3.63) is 123 Å². The molecule has 0 saturated heterocycles. The highest BCUT2D eigenvalue weighted by Gasteiger charge is 2.19. The van der Waals surface area contributed by atoms with E-state index >= 15 is 0 Å². The number of fused-ring (bicyclic) bond motifs is 4. The molecule has 3 aromatic heterocycles. The van der Waals surface area contributed by atoms with Crippen molar-refractivity contribution in [2.75, 3.05) is 0 Å². The van der Waals surface area contributed by atoms with E-state index in [2.05, 4.69) is 32.8 Å². The molecular formula is C30H19IN6OS. The lowest BCUT2D eigenvalue weighted by molar-refractivity contribution is 0.873. The maximum Gasteiger partial charge on any atom is 0.266 e. The Bertz CT molecular complexity index is 2060. The molecule has 0 aliphatic rings. The second-order valence-electron chi connectivity index (χ2n) is 8.91. The molecule has 7 nitrogen and oxygen atoms in total. The van der Waals surface area contributed by atoms with Crippen molar-refractivity contribution >= 4 is 61.8 Å². The van der Waals surface area contributed by atoms with Crippen LogP contribution in [0.1, 0.15) is 5.82 Å². The van der Waals surface area contributed by atoms with E-state index in [1.54, 1.807) is 4.57 Å². The van der Waals surface area contributed by atoms with Gasteiger partial charge in [-0.15, -0.1) is 10.2 Å². The van der Waals surface area contributed by atoms with Gasteiger partial charge in [-0.3, -0.25) is 13.8 Å². The van der Waals surface area contributed by atoms with E-state index in [-0.39, 0.29) is 5.56 Å². The molecule has 0 aliphatic carbocycles. The number of hydrogen-bond acceptors (Lipinski definition) is 6. The van der Waals surface area contributed by atoms with Gasteiger partial charge in [0.1, 0.15) is 11.6 Å². The van der Waals surface area contributed by atoms with Crippen molar-refractivity contribution in [1.29, 1.82) is 0 Å². The summed E-state index contributed by atoms with van der Waals surface area (Å²) >= 11 is 3.70.